The van der Waals surface area contributed by atoms with Crippen LogP contribution in [0.4, 0.5) is 0 Å². The van der Waals surface area contributed by atoms with E-state index in [0.717, 1.165) is 25.3 Å². The third-order valence-electron chi connectivity index (χ3n) is 3.20. The van der Waals surface area contributed by atoms with Crippen molar-refractivity contribution in [3.63, 3.8) is 0 Å². The van der Waals surface area contributed by atoms with Gasteiger partial charge in [0.1, 0.15) is 11.9 Å². The highest BCUT2D eigenvalue weighted by molar-refractivity contribution is 5.29. The number of hydrogen-bond acceptors (Lipinski definition) is 2. The van der Waals surface area contributed by atoms with Crippen LogP contribution in [0.15, 0.2) is 24.3 Å². The van der Waals surface area contributed by atoms with Gasteiger partial charge >= 0.3 is 0 Å². The van der Waals surface area contributed by atoms with Crippen LogP contribution in [0.1, 0.15) is 31.7 Å². The molecule has 0 radical (unpaired) electrons. The predicted octanol–water partition coefficient (Wildman–Crippen LogP) is 2.89. The van der Waals surface area contributed by atoms with Crippen LogP contribution in [0.2, 0.25) is 0 Å². The average Bonchev–Trinajstić information content (AvgIpc) is 2.65. The summed E-state index contributed by atoms with van der Waals surface area (Å²) in [4.78, 5) is 2.31. The summed E-state index contributed by atoms with van der Waals surface area (Å²) in [6.45, 7) is 6.62. The Hall–Kier alpha value is -1.02. The summed E-state index contributed by atoms with van der Waals surface area (Å²) < 4.78 is 5.94. The zero-order valence-corrected chi connectivity index (χ0v) is 10.4. The highest BCUT2D eigenvalue weighted by atomic mass is 16.5. The van der Waals surface area contributed by atoms with E-state index in [1.54, 1.807) is 0 Å². The lowest BCUT2D eigenvalue weighted by Gasteiger charge is -2.14. The Bertz CT molecular complexity index is 331. The Labute approximate surface area is 98.2 Å². The number of likely N-dealkylation sites (tertiary alicyclic amines) is 1. The first-order valence-corrected chi connectivity index (χ1v) is 6.10. The second-order valence-corrected chi connectivity index (χ2v) is 5.01. The molecule has 2 rings (SSSR count). The van der Waals surface area contributed by atoms with Gasteiger partial charge in [0, 0.05) is 13.1 Å². The molecule has 0 aromatic heterocycles. The van der Waals surface area contributed by atoms with Crippen molar-refractivity contribution in [1.82, 2.24) is 4.90 Å². The maximum Gasteiger partial charge on any atom is 0.119 e. The molecule has 0 bridgehead atoms. The summed E-state index contributed by atoms with van der Waals surface area (Å²) in [7, 11) is 2.14. The van der Waals surface area contributed by atoms with Crippen LogP contribution in [-0.2, 0) is 0 Å². The molecule has 1 saturated heterocycles. The highest BCUT2D eigenvalue weighted by Gasteiger charge is 2.20. The van der Waals surface area contributed by atoms with E-state index in [4.69, 9.17) is 4.74 Å². The van der Waals surface area contributed by atoms with E-state index in [-0.39, 0.29) is 0 Å². The zero-order valence-electron chi connectivity index (χ0n) is 10.4. The lowest BCUT2D eigenvalue weighted by atomic mass is 10.0. The minimum absolute atomic E-state index is 0.370. The van der Waals surface area contributed by atoms with Gasteiger partial charge < -0.3 is 9.64 Å². The molecule has 1 unspecified atom stereocenters. The van der Waals surface area contributed by atoms with Gasteiger partial charge in [-0.2, -0.15) is 0 Å². The minimum Gasteiger partial charge on any atom is -0.489 e. The first kappa shape index (κ1) is 11.5. The summed E-state index contributed by atoms with van der Waals surface area (Å²) in [5.41, 5.74) is 1.37. The van der Waals surface area contributed by atoms with Gasteiger partial charge in [0.05, 0.1) is 0 Å². The monoisotopic (exact) mass is 219 g/mol. The molecule has 88 valence electrons. The molecule has 1 heterocycles. The van der Waals surface area contributed by atoms with Crippen LogP contribution in [0.25, 0.3) is 0 Å². The first-order chi connectivity index (χ1) is 7.65. The molecule has 1 aliphatic rings. The van der Waals surface area contributed by atoms with E-state index in [1.807, 2.05) is 0 Å². The molecule has 1 fully saturated rings. The van der Waals surface area contributed by atoms with Gasteiger partial charge in [-0.3, -0.25) is 0 Å². The van der Waals surface area contributed by atoms with Crippen molar-refractivity contribution in [2.24, 2.45) is 0 Å². The standard InChI is InChI=1S/C14H21NO/c1-11(2)12-4-6-13(7-5-12)16-14-8-9-15(3)10-14/h4-7,11,14H,8-10H2,1-3H3. The number of likely N-dealkylation sites (N-methyl/N-ethyl adjacent to an activating group) is 1. The van der Waals surface area contributed by atoms with Gasteiger partial charge in [0.15, 0.2) is 0 Å². The number of ether oxygens (including phenoxy) is 1. The van der Waals surface area contributed by atoms with Gasteiger partial charge in [-0.1, -0.05) is 26.0 Å². The normalized spacial score (nSPS) is 21.6. The Balaban J connectivity index is 1.95. The summed E-state index contributed by atoms with van der Waals surface area (Å²) in [6.07, 6.45) is 1.51. The van der Waals surface area contributed by atoms with Crippen LogP contribution in [0, 0.1) is 0 Å². The Morgan fingerprint density at radius 2 is 1.94 bits per heavy atom. The zero-order chi connectivity index (χ0) is 11.5. The molecule has 0 spiro atoms. The second-order valence-electron chi connectivity index (χ2n) is 5.01. The molecule has 1 atom stereocenters. The fourth-order valence-electron chi connectivity index (χ4n) is 2.11. The van der Waals surface area contributed by atoms with E-state index in [9.17, 15) is 0 Å². The maximum absolute atomic E-state index is 5.94. The molecule has 1 aromatic rings. The Kier molecular flexibility index (Phi) is 3.49. The van der Waals surface area contributed by atoms with Gasteiger partial charge in [-0.05, 0) is 37.1 Å². The molecular weight excluding hydrogens is 198 g/mol. The largest absolute Gasteiger partial charge is 0.489 e. The average molecular weight is 219 g/mol. The molecular formula is C14H21NO. The van der Waals surface area contributed by atoms with Crippen molar-refractivity contribution < 1.29 is 4.74 Å². The van der Waals surface area contributed by atoms with E-state index in [0.29, 0.717) is 12.0 Å². The van der Waals surface area contributed by atoms with E-state index < -0.39 is 0 Å². The molecule has 0 amide bonds. The molecule has 0 N–H and O–H groups in total. The SMILES string of the molecule is CC(C)c1ccc(OC2CCN(C)C2)cc1. The van der Waals surface area contributed by atoms with Gasteiger partial charge in [-0.25, -0.2) is 0 Å². The quantitative estimate of drug-likeness (QED) is 0.775. The second kappa shape index (κ2) is 4.88. The van der Waals surface area contributed by atoms with Gasteiger partial charge in [0.2, 0.25) is 0 Å². The summed E-state index contributed by atoms with van der Waals surface area (Å²) >= 11 is 0. The van der Waals surface area contributed by atoms with Crippen molar-refractivity contribution in [2.45, 2.75) is 32.3 Å². The van der Waals surface area contributed by atoms with Crippen LogP contribution in [-0.4, -0.2) is 31.1 Å². The van der Waals surface area contributed by atoms with E-state index in [1.165, 1.54) is 5.56 Å². The number of rotatable bonds is 3. The predicted molar refractivity (Wildman–Crippen MR) is 67.1 cm³/mol. The van der Waals surface area contributed by atoms with Gasteiger partial charge in [0.25, 0.3) is 0 Å². The van der Waals surface area contributed by atoms with Crippen LogP contribution >= 0.6 is 0 Å². The lowest BCUT2D eigenvalue weighted by Crippen LogP contribution is -2.21. The molecule has 2 heteroatoms. The van der Waals surface area contributed by atoms with Crippen LogP contribution in [0.5, 0.6) is 5.75 Å². The summed E-state index contributed by atoms with van der Waals surface area (Å²) in [5.74, 6) is 1.59. The smallest absolute Gasteiger partial charge is 0.119 e. The molecule has 1 aromatic carbocycles. The van der Waals surface area contributed by atoms with E-state index in [2.05, 4.69) is 50.1 Å². The van der Waals surface area contributed by atoms with E-state index >= 15 is 0 Å². The van der Waals surface area contributed by atoms with Crippen molar-refractivity contribution in [3.8, 4) is 5.75 Å². The number of hydrogen-bond donors (Lipinski definition) is 0. The van der Waals surface area contributed by atoms with Crippen molar-refractivity contribution in [1.29, 1.82) is 0 Å². The molecule has 1 aliphatic heterocycles. The Morgan fingerprint density at radius 1 is 1.25 bits per heavy atom. The third-order valence-corrected chi connectivity index (χ3v) is 3.20. The third kappa shape index (κ3) is 2.76. The van der Waals surface area contributed by atoms with Crippen LogP contribution < -0.4 is 4.74 Å². The highest BCUT2D eigenvalue weighted by Crippen LogP contribution is 2.21. The topological polar surface area (TPSA) is 12.5 Å². The summed E-state index contributed by atoms with van der Waals surface area (Å²) in [6, 6.07) is 8.51. The molecule has 2 nitrogen and oxygen atoms in total. The van der Waals surface area contributed by atoms with Crippen molar-refractivity contribution >= 4 is 0 Å². The van der Waals surface area contributed by atoms with Crippen molar-refractivity contribution in [2.75, 3.05) is 20.1 Å². The molecule has 16 heavy (non-hydrogen) atoms. The molecule has 0 aliphatic carbocycles. The maximum atomic E-state index is 5.94. The van der Waals surface area contributed by atoms with Crippen molar-refractivity contribution in [3.05, 3.63) is 29.8 Å². The minimum atomic E-state index is 0.370. The fraction of sp³-hybridized carbons (Fsp3) is 0.571. The molecule has 0 saturated carbocycles. The van der Waals surface area contributed by atoms with Crippen LogP contribution in [0.3, 0.4) is 0 Å². The number of nitrogens with zero attached hydrogens (tertiary/aromatic N) is 1. The first-order valence-electron chi connectivity index (χ1n) is 6.10. The fourth-order valence-corrected chi connectivity index (χ4v) is 2.11. The Morgan fingerprint density at radius 3 is 2.44 bits per heavy atom. The van der Waals surface area contributed by atoms with Gasteiger partial charge in [-0.15, -0.1) is 0 Å². The summed E-state index contributed by atoms with van der Waals surface area (Å²) in [5, 5.41) is 0. The lowest BCUT2D eigenvalue weighted by molar-refractivity contribution is 0.208. The number of benzene rings is 1.